The fraction of sp³-hybridized carbons (Fsp3) is 0.412. The monoisotopic (exact) mass is 350 g/mol. The van der Waals surface area contributed by atoms with Crippen molar-refractivity contribution in [2.24, 2.45) is 5.92 Å². The number of halogens is 1. The number of nitrogens with zero attached hydrogens (tertiary/aromatic N) is 1. The van der Waals surface area contributed by atoms with Crippen LogP contribution < -0.4 is 10.1 Å². The van der Waals surface area contributed by atoms with Crippen LogP contribution in [-0.2, 0) is 11.3 Å². The van der Waals surface area contributed by atoms with Gasteiger partial charge in [-0.3, -0.25) is 4.79 Å². The number of carbonyl (C=O) groups is 1. The largest absolute Gasteiger partial charge is 0.484 e. The van der Waals surface area contributed by atoms with Gasteiger partial charge in [0.05, 0.1) is 5.02 Å². The van der Waals surface area contributed by atoms with Crippen molar-refractivity contribution >= 4 is 17.5 Å². The molecule has 1 aromatic carbocycles. The van der Waals surface area contributed by atoms with E-state index in [9.17, 15) is 4.79 Å². The Bertz CT molecular complexity index is 683. The lowest BCUT2D eigenvalue weighted by atomic mass is 10.0. The quantitative estimate of drug-likeness (QED) is 0.866. The van der Waals surface area contributed by atoms with Gasteiger partial charge in [0.2, 0.25) is 0 Å². The highest BCUT2D eigenvalue weighted by atomic mass is 35.5. The van der Waals surface area contributed by atoms with Crippen molar-refractivity contribution in [3.05, 3.63) is 46.8 Å². The molecule has 0 unspecified atom stereocenters. The second-order valence-electron chi connectivity index (χ2n) is 5.66. The first-order valence-corrected chi connectivity index (χ1v) is 8.29. The fourth-order valence-corrected chi connectivity index (χ4v) is 2.67. The van der Waals surface area contributed by atoms with Gasteiger partial charge >= 0.3 is 0 Å². The second-order valence-corrected chi connectivity index (χ2v) is 6.07. The Hall–Kier alpha value is -2.05. The molecule has 0 aliphatic carbocycles. The van der Waals surface area contributed by atoms with Crippen LogP contribution >= 0.6 is 11.6 Å². The molecule has 1 aromatic heterocycles. The number of ether oxygens (including phenoxy) is 2. The van der Waals surface area contributed by atoms with Crippen molar-refractivity contribution in [2.45, 2.75) is 19.4 Å². The molecule has 0 atom stereocenters. The average Bonchev–Trinajstić information content (AvgIpc) is 3.09. The van der Waals surface area contributed by atoms with Crippen LogP contribution in [0.2, 0.25) is 5.02 Å². The number of aromatic nitrogens is 1. The lowest BCUT2D eigenvalue weighted by molar-refractivity contribution is 0.0641. The van der Waals surface area contributed by atoms with E-state index in [4.69, 9.17) is 25.6 Å². The summed E-state index contributed by atoms with van der Waals surface area (Å²) in [5.74, 6) is 1.24. The van der Waals surface area contributed by atoms with E-state index in [0.29, 0.717) is 29.0 Å². The Labute approximate surface area is 145 Å². The van der Waals surface area contributed by atoms with Crippen LogP contribution in [0.1, 0.15) is 29.1 Å². The van der Waals surface area contributed by atoms with E-state index in [2.05, 4.69) is 10.5 Å². The summed E-state index contributed by atoms with van der Waals surface area (Å²) >= 11 is 6.02. The van der Waals surface area contributed by atoms with Crippen molar-refractivity contribution < 1.29 is 18.8 Å². The van der Waals surface area contributed by atoms with Crippen LogP contribution in [0.15, 0.2) is 34.9 Å². The van der Waals surface area contributed by atoms with Crippen molar-refractivity contribution in [1.82, 2.24) is 10.5 Å². The van der Waals surface area contributed by atoms with Gasteiger partial charge in [-0.05, 0) is 30.9 Å². The number of rotatable bonds is 6. The van der Waals surface area contributed by atoms with Gasteiger partial charge in [0.25, 0.3) is 5.91 Å². The maximum absolute atomic E-state index is 12.1. The first kappa shape index (κ1) is 16.8. The molecule has 24 heavy (non-hydrogen) atoms. The molecule has 3 rings (SSSR count). The van der Waals surface area contributed by atoms with Crippen molar-refractivity contribution in [3.8, 4) is 5.75 Å². The molecule has 0 saturated carbocycles. The number of carbonyl (C=O) groups excluding carboxylic acids is 1. The summed E-state index contributed by atoms with van der Waals surface area (Å²) in [7, 11) is 0. The van der Waals surface area contributed by atoms with Gasteiger partial charge in [0.15, 0.2) is 11.5 Å². The Kier molecular flexibility index (Phi) is 5.72. The summed E-state index contributed by atoms with van der Waals surface area (Å²) in [6.45, 7) is 2.30. The van der Waals surface area contributed by atoms with Gasteiger partial charge in [-0.1, -0.05) is 28.9 Å². The SMILES string of the molecule is O=C(NCC1CCOCC1)c1cc(COc2ccccc2Cl)on1. The van der Waals surface area contributed by atoms with Crippen molar-refractivity contribution in [1.29, 1.82) is 0 Å². The highest BCUT2D eigenvalue weighted by Crippen LogP contribution is 2.24. The van der Waals surface area contributed by atoms with Crippen LogP contribution in [0.5, 0.6) is 5.75 Å². The molecule has 1 saturated heterocycles. The molecule has 1 aliphatic rings. The zero-order chi connectivity index (χ0) is 16.8. The molecule has 2 aromatic rings. The number of para-hydroxylation sites is 1. The summed E-state index contributed by atoms with van der Waals surface area (Å²) in [5, 5.41) is 7.20. The number of benzene rings is 1. The van der Waals surface area contributed by atoms with Gasteiger partial charge < -0.3 is 19.3 Å². The summed E-state index contributed by atoms with van der Waals surface area (Å²) in [6, 6.07) is 8.74. The molecular weight excluding hydrogens is 332 g/mol. The molecule has 7 heteroatoms. The number of nitrogens with one attached hydrogen (secondary N) is 1. The molecule has 1 amide bonds. The third-order valence-electron chi connectivity index (χ3n) is 3.89. The minimum Gasteiger partial charge on any atom is -0.484 e. The van der Waals surface area contributed by atoms with Crippen LogP contribution in [-0.4, -0.2) is 30.8 Å². The van der Waals surface area contributed by atoms with E-state index in [1.807, 2.05) is 12.1 Å². The third-order valence-corrected chi connectivity index (χ3v) is 4.20. The predicted octanol–water partition coefficient (Wildman–Crippen LogP) is 3.06. The summed E-state index contributed by atoms with van der Waals surface area (Å²) in [4.78, 5) is 12.1. The van der Waals surface area contributed by atoms with Gasteiger partial charge in [0.1, 0.15) is 12.4 Å². The molecule has 128 valence electrons. The van der Waals surface area contributed by atoms with Gasteiger partial charge in [-0.15, -0.1) is 0 Å². The van der Waals surface area contributed by atoms with E-state index in [0.717, 1.165) is 26.1 Å². The molecule has 0 bridgehead atoms. The van der Waals surface area contributed by atoms with E-state index in [1.54, 1.807) is 18.2 Å². The zero-order valence-electron chi connectivity index (χ0n) is 13.2. The maximum atomic E-state index is 12.1. The zero-order valence-corrected chi connectivity index (χ0v) is 13.9. The Morgan fingerprint density at radius 2 is 2.12 bits per heavy atom. The standard InChI is InChI=1S/C17H19ClN2O4/c18-14-3-1-2-4-16(14)23-11-13-9-15(20-24-13)17(21)19-10-12-5-7-22-8-6-12/h1-4,9,12H,5-8,10-11H2,(H,19,21). The minimum atomic E-state index is -0.241. The first-order valence-electron chi connectivity index (χ1n) is 7.91. The van der Waals surface area contributed by atoms with E-state index in [1.165, 1.54) is 0 Å². The van der Waals surface area contributed by atoms with Gasteiger partial charge in [-0.25, -0.2) is 0 Å². The molecule has 1 N–H and O–H groups in total. The van der Waals surface area contributed by atoms with E-state index >= 15 is 0 Å². The fourth-order valence-electron chi connectivity index (χ4n) is 2.48. The molecule has 6 nitrogen and oxygen atoms in total. The molecule has 1 fully saturated rings. The van der Waals surface area contributed by atoms with Crippen LogP contribution in [0, 0.1) is 5.92 Å². The minimum absolute atomic E-state index is 0.157. The topological polar surface area (TPSA) is 73.6 Å². The van der Waals surface area contributed by atoms with Crippen LogP contribution in [0.4, 0.5) is 0 Å². The molecule has 1 aliphatic heterocycles. The normalized spacial score (nSPS) is 15.2. The lowest BCUT2D eigenvalue weighted by Crippen LogP contribution is -2.32. The Morgan fingerprint density at radius 1 is 1.33 bits per heavy atom. The molecular formula is C17H19ClN2O4. The molecule has 2 heterocycles. The smallest absolute Gasteiger partial charge is 0.273 e. The number of amides is 1. The highest BCUT2D eigenvalue weighted by Gasteiger charge is 2.17. The van der Waals surface area contributed by atoms with Crippen LogP contribution in [0.3, 0.4) is 0 Å². The summed E-state index contributed by atoms with van der Waals surface area (Å²) in [5.41, 5.74) is 0.250. The molecule has 0 spiro atoms. The highest BCUT2D eigenvalue weighted by molar-refractivity contribution is 6.32. The summed E-state index contributed by atoms with van der Waals surface area (Å²) < 4.78 is 16.0. The predicted molar refractivity (Wildman–Crippen MR) is 88.2 cm³/mol. The maximum Gasteiger partial charge on any atom is 0.273 e. The van der Waals surface area contributed by atoms with Crippen LogP contribution in [0.25, 0.3) is 0 Å². The second kappa shape index (κ2) is 8.17. The van der Waals surface area contributed by atoms with E-state index < -0.39 is 0 Å². The number of hydrogen-bond donors (Lipinski definition) is 1. The van der Waals surface area contributed by atoms with Gasteiger partial charge in [-0.2, -0.15) is 0 Å². The third kappa shape index (κ3) is 4.49. The average molecular weight is 351 g/mol. The van der Waals surface area contributed by atoms with Gasteiger partial charge in [0, 0.05) is 25.8 Å². The Balaban J connectivity index is 1.49. The number of hydrogen-bond acceptors (Lipinski definition) is 5. The Morgan fingerprint density at radius 3 is 2.92 bits per heavy atom. The lowest BCUT2D eigenvalue weighted by Gasteiger charge is -2.21. The molecule has 0 radical (unpaired) electrons. The van der Waals surface area contributed by atoms with E-state index in [-0.39, 0.29) is 18.2 Å². The first-order chi connectivity index (χ1) is 11.7. The van der Waals surface area contributed by atoms with Crippen molar-refractivity contribution in [3.63, 3.8) is 0 Å². The summed E-state index contributed by atoms with van der Waals surface area (Å²) in [6.07, 6.45) is 1.94. The van der Waals surface area contributed by atoms with Crippen molar-refractivity contribution in [2.75, 3.05) is 19.8 Å².